The van der Waals surface area contributed by atoms with Gasteiger partial charge >= 0.3 is 5.69 Å². The van der Waals surface area contributed by atoms with Crippen LogP contribution in [-0.4, -0.2) is 27.3 Å². The summed E-state index contributed by atoms with van der Waals surface area (Å²) in [5.41, 5.74) is 8.22. The summed E-state index contributed by atoms with van der Waals surface area (Å²) >= 11 is 0. The molecule has 6 nitrogen and oxygen atoms in total. The molecule has 0 unspecified atom stereocenters. The van der Waals surface area contributed by atoms with Crippen LogP contribution in [0.4, 0.5) is 5.82 Å². The third-order valence-corrected chi connectivity index (χ3v) is 4.28. The van der Waals surface area contributed by atoms with Gasteiger partial charge in [0.1, 0.15) is 11.6 Å². The highest BCUT2D eigenvalue weighted by Gasteiger charge is 2.19. The second kappa shape index (κ2) is 7.34. The number of carbonyl (C=O) groups is 1. The average molecular weight is 340 g/mol. The Hall–Kier alpha value is -2.89. The number of Topliss-reactive ketones (excluding diaryl/α,β-unsaturated/α-hetero) is 1. The first-order valence-corrected chi connectivity index (χ1v) is 8.07. The summed E-state index contributed by atoms with van der Waals surface area (Å²) in [6, 6.07) is 1.57. The van der Waals surface area contributed by atoms with E-state index >= 15 is 0 Å². The van der Waals surface area contributed by atoms with Gasteiger partial charge in [0, 0.05) is 30.6 Å². The molecule has 0 fully saturated rings. The van der Waals surface area contributed by atoms with Crippen LogP contribution in [-0.2, 0) is 4.79 Å². The maximum atomic E-state index is 12.2. The van der Waals surface area contributed by atoms with Crippen LogP contribution in [0.1, 0.15) is 27.2 Å². The zero-order valence-corrected chi connectivity index (χ0v) is 15.1. The second-order valence-corrected chi connectivity index (χ2v) is 6.23. The van der Waals surface area contributed by atoms with Crippen molar-refractivity contribution in [1.29, 1.82) is 0 Å². The highest BCUT2D eigenvalue weighted by molar-refractivity contribution is 5.80. The van der Waals surface area contributed by atoms with Gasteiger partial charge in [0.05, 0.1) is 5.70 Å². The van der Waals surface area contributed by atoms with Crippen molar-refractivity contribution in [1.82, 2.24) is 14.5 Å². The largest absolute Gasteiger partial charge is 0.383 e. The fourth-order valence-corrected chi connectivity index (χ4v) is 2.80. The Labute approximate surface area is 147 Å². The Bertz CT molecular complexity index is 858. The first kappa shape index (κ1) is 18.4. The Morgan fingerprint density at radius 2 is 2.08 bits per heavy atom. The van der Waals surface area contributed by atoms with Crippen LogP contribution < -0.4 is 11.4 Å². The molecule has 0 aromatic carbocycles. The number of nitrogen functional groups attached to an aromatic ring is 1. The number of carbonyl (C=O) groups excluding carboxylic acids is 1. The molecule has 2 N–H and O–H groups in total. The van der Waals surface area contributed by atoms with E-state index in [1.165, 1.54) is 4.57 Å². The number of likely N-dealkylation sites (N-methyl/N-ethyl adjacent to an activating group) is 1. The van der Waals surface area contributed by atoms with Crippen molar-refractivity contribution in [2.45, 2.75) is 27.2 Å². The highest BCUT2D eigenvalue weighted by Crippen LogP contribution is 2.26. The third-order valence-electron chi connectivity index (χ3n) is 4.28. The third kappa shape index (κ3) is 3.96. The number of nitrogens with two attached hydrogens (primary N) is 1. The van der Waals surface area contributed by atoms with Crippen LogP contribution in [0.15, 0.2) is 58.8 Å². The number of ketones is 1. The SMILES string of the molecule is C=C(C)/C(=C(/C)N(C)C1=C[C@H](C(C)=O)CC=C1)n1ccc(N)nc1=O. The van der Waals surface area contributed by atoms with Gasteiger partial charge in [-0.25, -0.2) is 4.79 Å². The van der Waals surface area contributed by atoms with Crippen LogP contribution in [0, 0.1) is 5.92 Å². The van der Waals surface area contributed by atoms with E-state index < -0.39 is 5.69 Å². The molecule has 0 radical (unpaired) electrons. The summed E-state index contributed by atoms with van der Waals surface area (Å²) in [5.74, 6) is 0.191. The van der Waals surface area contributed by atoms with Crippen LogP contribution >= 0.6 is 0 Å². The molecule has 25 heavy (non-hydrogen) atoms. The van der Waals surface area contributed by atoms with Crippen LogP contribution in [0.25, 0.3) is 5.70 Å². The molecule has 1 aromatic heterocycles. The van der Waals surface area contributed by atoms with Gasteiger partial charge in [0.25, 0.3) is 0 Å². The lowest BCUT2D eigenvalue weighted by Gasteiger charge is -2.27. The standard InChI is InChI=1S/C19H24N4O2/c1-12(2)18(23-10-9-17(20)21-19(23)25)13(3)22(5)16-8-6-7-15(11-16)14(4)24/h6,8-11,15H,1,7H2,2-5H3,(H2,20,21,25)/b18-13+/t15-/m1/s1. The molecule has 0 saturated carbocycles. The fourth-order valence-electron chi connectivity index (χ4n) is 2.80. The van der Waals surface area contributed by atoms with E-state index in [-0.39, 0.29) is 17.5 Å². The second-order valence-electron chi connectivity index (χ2n) is 6.23. The van der Waals surface area contributed by atoms with E-state index in [0.717, 1.165) is 17.0 Å². The number of hydrogen-bond donors (Lipinski definition) is 1. The van der Waals surface area contributed by atoms with Gasteiger partial charge in [-0.3, -0.25) is 9.36 Å². The topological polar surface area (TPSA) is 81.2 Å². The number of allylic oxidation sites excluding steroid dienone is 6. The minimum Gasteiger partial charge on any atom is -0.383 e. The lowest BCUT2D eigenvalue weighted by Crippen LogP contribution is -2.27. The summed E-state index contributed by atoms with van der Waals surface area (Å²) in [7, 11) is 1.90. The summed E-state index contributed by atoms with van der Waals surface area (Å²) in [5, 5.41) is 0. The summed E-state index contributed by atoms with van der Waals surface area (Å²) in [6.07, 6.45) is 8.22. The molecule has 1 atom stereocenters. The lowest BCUT2D eigenvalue weighted by atomic mass is 9.95. The molecule has 132 valence electrons. The monoisotopic (exact) mass is 340 g/mol. The predicted octanol–water partition coefficient (Wildman–Crippen LogP) is 2.57. The number of hydrogen-bond acceptors (Lipinski definition) is 5. The molecule has 1 aromatic rings. The predicted molar refractivity (Wildman–Crippen MR) is 100 cm³/mol. The van der Waals surface area contributed by atoms with Gasteiger partial charge in [-0.05, 0) is 51.0 Å². The van der Waals surface area contributed by atoms with Crippen molar-refractivity contribution >= 4 is 17.3 Å². The molecule has 1 aliphatic rings. The smallest absolute Gasteiger partial charge is 0.354 e. The van der Waals surface area contributed by atoms with Crippen LogP contribution in [0.5, 0.6) is 0 Å². The molecule has 0 aliphatic heterocycles. The first-order valence-electron chi connectivity index (χ1n) is 8.07. The van der Waals surface area contributed by atoms with Gasteiger partial charge in [0.2, 0.25) is 0 Å². The molecule has 0 amide bonds. The van der Waals surface area contributed by atoms with E-state index in [4.69, 9.17) is 5.73 Å². The van der Waals surface area contributed by atoms with Crippen molar-refractivity contribution in [3.05, 3.63) is 64.5 Å². The van der Waals surface area contributed by atoms with Crippen molar-refractivity contribution < 1.29 is 4.79 Å². The maximum Gasteiger partial charge on any atom is 0.354 e. The zero-order valence-electron chi connectivity index (χ0n) is 15.1. The number of aromatic nitrogens is 2. The number of rotatable bonds is 5. The Morgan fingerprint density at radius 1 is 1.40 bits per heavy atom. The van der Waals surface area contributed by atoms with E-state index in [1.54, 1.807) is 19.2 Å². The number of nitrogens with zero attached hydrogens (tertiary/aromatic N) is 3. The fraction of sp³-hybridized carbons (Fsp3) is 0.316. The van der Waals surface area contributed by atoms with E-state index in [0.29, 0.717) is 12.1 Å². The van der Waals surface area contributed by atoms with E-state index in [2.05, 4.69) is 11.6 Å². The van der Waals surface area contributed by atoms with Gasteiger partial charge in [0.15, 0.2) is 0 Å². The highest BCUT2D eigenvalue weighted by atomic mass is 16.1. The van der Waals surface area contributed by atoms with Gasteiger partial charge < -0.3 is 10.6 Å². The summed E-state index contributed by atoms with van der Waals surface area (Å²) < 4.78 is 1.43. The molecular formula is C19H24N4O2. The quantitative estimate of drug-likeness (QED) is 0.833. The van der Waals surface area contributed by atoms with Gasteiger partial charge in [-0.2, -0.15) is 4.98 Å². The Balaban J connectivity index is 2.53. The van der Waals surface area contributed by atoms with Gasteiger partial charge in [-0.15, -0.1) is 0 Å². The zero-order chi connectivity index (χ0) is 18.7. The average Bonchev–Trinajstić information content (AvgIpc) is 2.56. The molecule has 1 heterocycles. The Kier molecular flexibility index (Phi) is 5.41. The first-order chi connectivity index (χ1) is 11.7. The van der Waals surface area contributed by atoms with Crippen molar-refractivity contribution in [3.63, 3.8) is 0 Å². The van der Waals surface area contributed by atoms with Crippen molar-refractivity contribution in [2.75, 3.05) is 12.8 Å². The van der Waals surface area contributed by atoms with Crippen molar-refractivity contribution in [3.8, 4) is 0 Å². The van der Waals surface area contributed by atoms with Crippen LogP contribution in [0.2, 0.25) is 0 Å². The summed E-state index contributed by atoms with van der Waals surface area (Å²) in [4.78, 5) is 29.7. The van der Waals surface area contributed by atoms with Gasteiger partial charge in [-0.1, -0.05) is 12.7 Å². The lowest BCUT2D eigenvalue weighted by molar-refractivity contribution is -0.119. The molecular weight excluding hydrogens is 316 g/mol. The summed E-state index contributed by atoms with van der Waals surface area (Å²) in [6.45, 7) is 9.32. The molecule has 0 bridgehead atoms. The molecule has 2 rings (SSSR count). The molecule has 0 spiro atoms. The van der Waals surface area contributed by atoms with E-state index in [9.17, 15) is 9.59 Å². The minimum absolute atomic E-state index is 0.121. The van der Waals surface area contributed by atoms with Crippen LogP contribution in [0.3, 0.4) is 0 Å². The van der Waals surface area contributed by atoms with E-state index in [1.807, 2.05) is 44.0 Å². The molecule has 0 saturated heterocycles. The number of anilines is 1. The molecule has 6 heteroatoms. The normalized spacial score (nSPS) is 17.6. The van der Waals surface area contributed by atoms with Crippen molar-refractivity contribution in [2.24, 2.45) is 5.92 Å². The molecule has 1 aliphatic carbocycles. The Morgan fingerprint density at radius 3 is 2.64 bits per heavy atom. The minimum atomic E-state index is -0.458. The maximum absolute atomic E-state index is 12.2.